The lowest BCUT2D eigenvalue weighted by Crippen LogP contribution is -2.47. The molecule has 1 saturated carbocycles. The van der Waals surface area contributed by atoms with E-state index >= 15 is 0 Å². The number of anilines is 2. The van der Waals surface area contributed by atoms with E-state index in [1.54, 1.807) is 53.2 Å². The Labute approximate surface area is 242 Å². The molecule has 0 spiro atoms. The van der Waals surface area contributed by atoms with Crippen molar-refractivity contribution in [3.63, 3.8) is 0 Å². The molecule has 222 valence electrons. The summed E-state index contributed by atoms with van der Waals surface area (Å²) in [5.74, 6) is -1.52. The van der Waals surface area contributed by atoms with Gasteiger partial charge < -0.3 is 30.9 Å². The number of rotatable bonds is 11. The van der Waals surface area contributed by atoms with E-state index in [1.165, 1.54) is 17.0 Å². The van der Waals surface area contributed by atoms with Crippen LogP contribution in [-0.2, 0) is 14.4 Å². The van der Waals surface area contributed by atoms with Gasteiger partial charge in [-0.15, -0.1) is 0 Å². The fourth-order valence-corrected chi connectivity index (χ4v) is 5.23. The molecule has 1 atom stereocenters. The highest BCUT2D eigenvalue weighted by atomic mass is 16.4. The molecule has 0 aromatic heterocycles. The Morgan fingerprint density at radius 3 is 2.12 bits per heavy atom. The van der Waals surface area contributed by atoms with Crippen molar-refractivity contribution in [1.29, 1.82) is 0 Å². The highest BCUT2D eigenvalue weighted by Crippen LogP contribution is 2.31. The summed E-state index contributed by atoms with van der Waals surface area (Å²) in [6, 6.07) is 11.9. The molecule has 0 radical (unpaired) electrons. The molecule has 1 aliphatic carbocycles. The van der Waals surface area contributed by atoms with Crippen LogP contribution in [0, 0.1) is 11.8 Å². The van der Waals surface area contributed by atoms with Gasteiger partial charge in [0.05, 0.1) is 12.1 Å². The Hall–Kier alpha value is -3.76. The average Bonchev–Trinajstić information content (AvgIpc) is 2.95. The molecule has 1 aliphatic rings. The monoisotopic (exact) mass is 565 g/mol. The van der Waals surface area contributed by atoms with Gasteiger partial charge in [-0.1, -0.05) is 12.1 Å². The smallest absolute Gasteiger partial charge is 0.335 e. The predicted molar refractivity (Wildman–Crippen MR) is 160 cm³/mol. The van der Waals surface area contributed by atoms with Crippen LogP contribution in [0.2, 0.25) is 0 Å². The first-order chi connectivity index (χ1) is 19.4. The normalized spacial score (nSPS) is 17.7. The number of benzene rings is 2. The zero-order valence-corrected chi connectivity index (χ0v) is 24.7. The molecule has 0 unspecified atom stereocenters. The minimum absolute atomic E-state index is 0.112. The summed E-state index contributed by atoms with van der Waals surface area (Å²) in [4.78, 5) is 56.8. The Balaban J connectivity index is 1.98. The molecule has 41 heavy (non-hydrogen) atoms. The summed E-state index contributed by atoms with van der Waals surface area (Å²) in [5.41, 5.74) is 7.62. The summed E-state index contributed by atoms with van der Waals surface area (Å²) in [7, 11) is 5.31. The lowest BCUT2D eigenvalue weighted by atomic mass is 9.81. The first-order valence-corrected chi connectivity index (χ1v) is 14.1. The summed E-state index contributed by atoms with van der Waals surface area (Å²) >= 11 is 0. The molecule has 4 N–H and O–H groups in total. The summed E-state index contributed by atoms with van der Waals surface area (Å²) in [6.07, 6.45) is 3.16. The van der Waals surface area contributed by atoms with E-state index in [4.69, 9.17) is 5.73 Å². The molecule has 3 amide bonds. The highest BCUT2D eigenvalue weighted by Gasteiger charge is 2.34. The van der Waals surface area contributed by atoms with Crippen molar-refractivity contribution >= 4 is 35.1 Å². The SMILES string of the molecule is CC(C)N(C(=O)[C@@H](NC(=O)C1CCC(CN)CC1)c1cccc(N(C)C(=O)CN(C)C)c1)c1ccc(C(=O)O)cc1. The predicted octanol–water partition coefficient (Wildman–Crippen LogP) is 3.27. The number of amides is 3. The Morgan fingerprint density at radius 2 is 1.59 bits per heavy atom. The van der Waals surface area contributed by atoms with E-state index in [0.717, 1.165) is 12.8 Å². The van der Waals surface area contributed by atoms with Crippen LogP contribution < -0.4 is 20.9 Å². The van der Waals surface area contributed by atoms with Crippen LogP contribution in [0.15, 0.2) is 48.5 Å². The van der Waals surface area contributed by atoms with Crippen LogP contribution in [-0.4, -0.2) is 74.0 Å². The van der Waals surface area contributed by atoms with Gasteiger partial charge in [-0.3, -0.25) is 14.4 Å². The first-order valence-electron chi connectivity index (χ1n) is 14.1. The van der Waals surface area contributed by atoms with E-state index in [2.05, 4.69) is 5.32 Å². The number of likely N-dealkylation sites (N-methyl/N-ethyl adjacent to an activating group) is 2. The van der Waals surface area contributed by atoms with Gasteiger partial charge in [0.1, 0.15) is 6.04 Å². The molecule has 3 rings (SSSR count). The number of nitrogens with zero attached hydrogens (tertiary/aromatic N) is 3. The van der Waals surface area contributed by atoms with Gasteiger partial charge in [-0.05, 0) is 108 Å². The Bertz CT molecular complexity index is 1220. The third-order valence-electron chi connectivity index (χ3n) is 7.65. The fourth-order valence-electron chi connectivity index (χ4n) is 5.23. The van der Waals surface area contributed by atoms with Gasteiger partial charge >= 0.3 is 5.97 Å². The van der Waals surface area contributed by atoms with Gasteiger partial charge in [-0.25, -0.2) is 4.79 Å². The molecule has 10 heteroatoms. The molecular weight excluding hydrogens is 522 g/mol. The number of hydrogen-bond donors (Lipinski definition) is 3. The largest absolute Gasteiger partial charge is 0.478 e. The lowest BCUT2D eigenvalue weighted by molar-refractivity contribution is -0.131. The van der Waals surface area contributed by atoms with E-state index in [-0.39, 0.29) is 41.8 Å². The number of nitrogens with two attached hydrogens (primary N) is 1. The molecule has 0 aliphatic heterocycles. The van der Waals surface area contributed by atoms with E-state index in [9.17, 15) is 24.3 Å². The molecule has 10 nitrogen and oxygen atoms in total. The third-order valence-corrected chi connectivity index (χ3v) is 7.65. The standard InChI is InChI=1S/C31H43N5O5/c1-20(2)36(25-15-13-23(14-16-25)31(40)41)30(39)28(33-29(38)22-11-9-21(18-32)10-12-22)24-7-6-8-26(17-24)35(5)27(37)19-34(3)4/h6-8,13-17,20-22,28H,9-12,18-19,32H2,1-5H3,(H,33,38)(H,40,41)/t21?,22?,28-/m0/s1. The van der Waals surface area contributed by atoms with Crippen LogP contribution in [0.25, 0.3) is 0 Å². The number of carboxylic acids is 1. The molecular formula is C31H43N5O5. The van der Waals surface area contributed by atoms with E-state index in [0.29, 0.717) is 42.2 Å². The second-order valence-electron chi connectivity index (χ2n) is 11.3. The summed E-state index contributed by atoms with van der Waals surface area (Å²) in [5, 5.41) is 12.3. The molecule has 0 saturated heterocycles. The zero-order valence-electron chi connectivity index (χ0n) is 24.7. The number of carboxylic acid groups (broad SMARTS) is 1. The maximum Gasteiger partial charge on any atom is 0.335 e. The number of carbonyl (C=O) groups excluding carboxylic acids is 3. The molecule has 0 heterocycles. The van der Waals surface area contributed by atoms with Crippen LogP contribution in [0.4, 0.5) is 11.4 Å². The number of nitrogens with one attached hydrogen (secondary N) is 1. The van der Waals surface area contributed by atoms with Crippen molar-refractivity contribution in [2.45, 2.75) is 51.6 Å². The van der Waals surface area contributed by atoms with Gasteiger partial charge in [-0.2, -0.15) is 0 Å². The molecule has 2 aromatic rings. The van der Waals surface area contributed by atoms with Crippen molar-refractivity contribution in [1.82, 2.24) is 10.2 Å². The second-order valence-corrected chi connectivity index (χ2v) is 11.3. The van der Waals surface area contributed by atoms with Gasteiger partial charge in [0.2, 0.25) is 11.8 Å². The maximum absolute atomic E-state index is 14.3. The van der Waals surface area contributed by atoms with Crippen molar-refractivity contribution < 1.29 is 24.3 Å². The van der Waals surface area contributed by atoms with E-state index < -0.39 is 12.0 Å². The zero-order chi connectivity index (χ0) is 30.3. The third kappa shape index (κ3) is 8.14. The van der Waals surface area contributed by atoms with Crippen molar-refractivity contribution in [3.8, 4) is 0 Å². The first kappa shape index (κ1) is 31.8. The van der Waals surface area contributed by atoms with Crippen LogP contribution >= 0.6 is 0 Å². The van der Waals surface area contributed by atoms with Gasteiger partial charge in [0, 0.05) is 30.4 Å². The summed E-state index contributed by atoms with van der Waals surface area (Å²) in [6.45, 7) is 4.55. The Kier molecular flexibility index (Phi) is 11.0. The van der Waals surface area contributed by atoms with Crippen LogP contribution in [0.1, 0.15) is 61.5 Å². The van der Waals surface area contributed by atoms with Crippen LogP contribution in [0.5, 0.6) is 0 Å². The number of carbonyl (C=O) groups is 4. The van der Waals surface area contributed by atoms with Crippen LogP contribution in [0.3, 0.4) is 0 Å². The van der Waals surface area contributed by atoms with E-state index in [1.807, 2.05) is 27.9 Å². The number of hydrogen-bond acceptors (Lipinski definition) is 6. The molecule has 0 bridgehead atoms. The molecule has 1 fully saturated rings. The number of aromatic carboxylic acids is 1. The fraction of sp³-hybridized carbons (Fsp3) is 0.484. The van der Waals surface area contributed by atoms with Gasteiger partial charge in [0.15, 0.2) is 0 Å². The van der Waals surface area contributed by atoms with Crippen molar-refractivity contribution in [3.05, 3.63) is 59.7 Å². The highest BCUT2D eigenvalue weighted by molar-refractivity contribution is 6.01. The maximum atomic E-state index is 14.3. The average molecular weight is 566 g/mol. The minimum atomic E-state index is -1.06. The minimum Gasteiger partial charge on any atom is -0.478 e. The van der Waals surface area contributed by atoms with Gasteiger partial charge in [0.25, 0.3) is 5.91 Å². The topological polar surface area (TPSA) is 136 Å². The van der Waals surface area contributed by atoms with Crippen molar-refractivity contribution in [2.75, 3.05) is 44.0 Å². The molecule has 2 aromatic carbocycles. The quantitative estimate of drug-likeness (QED) is 0.380. The Morgan fingerprint density at radius 1 is 0.951 bits per heavy atom. The lowest BCUT2D eigenvalue weighted by Gasteiger charge is -2.33. The summed E-state index contributed by atoms with van der Waals surface area (Å²) < 4.78 is 0. The van der Waals surface area contributed by atoms with Crippen molar-refractivity contribution in [2.24, 2.45) is 17.6 Å². The second kappa shape index (κ2) is 14.2.